The van der Waals surface area contributed by atoms with E-state index in [0.717, 1.165) is 30.3 Å². The van der Waals surface area contributed by atoms with Gasteiger partial charge >= 0.3 is 0 Å². The fraction of sp³-hybridized carbons (Fsp3) is 0.316. The second kappa shape index (κ2) is 9.47. The van der Waals surface area contributed by atoms with E-state index in [2.05, 4.69) is 10.0 Å². The van der Waals surface area contributed by atoms with Crippen molar-refractivity contribution in [2.24, 2.45) is 5.92 Å². The Morgan fingerprint density at radius 3 is 2.40 bits per heavy atom. The molecule has 4 N–H and O–H groups in total. The number of halogens is 2. The van der Waals surface area contributed by atoms with Crippen LogP contribution in [0.3, 0.4) is 0 Å². The lowest BCUT2D eigenvalue weighted by molar-refractivity contribution is -0.132. The van der Waals surface area contributed by atoms with Crippen molar-refractivity contribution in [3.8, 4) is 11.5 Å². The van der Waals surface area contributed by atoms with Crippen LogP contribution in [0.1, 0.15) is 12.8 Å². The Morgan fingerprint density at radius 2 is 1.80 bits per heavy atom. The van der Waals surface area contributed by atoms with Crippen LogP contribution >= 0.6 is 0 Å². The molecule has 1 aliphatic rings. The van der Waals surface area contributed by atoms with Crippen LogP contribution in [-0.4, -0.2) is 38.7 Å². The van der Waals surface area contributed by atoms with E-state index in [-0.39, 0.29) is 17.4 Å². The van der Waals surface area contributed by atoms with Crippen LogP contribution in [0.25, 0.3) is 0 Å². The zero-order valence-electron chi connectivity index (χ0n) is 15.8. The molecule has 2 aromatic carbocycles. The standard InChI is InChI=1S/C19H21F2N3O5S/c20-13-1-3-14(4-2-13)29-17-6-5-15(11-16(17)21)30(27,28)24-18(19(25)23-26)12-7-9-22-10-8-12/h1-6,11-12,18,22,24,26H,7-10H2,(H,23,25). The smallest absolute Gasteiger partial charge is 0.261 e. The fourth-order valence-corrected chi connectivity index (χ4v) is 4.48. The molecule has 1 unspecified atom stereocenters. The summed E-state index contributed by atoms with van der Waals surface area (Å²) in [7, 11) is -4.27. The normalized spacial score (nSPS) is 16.1. The Kier molecular flexibility index (Phi) is 6.98. The Bertz CT molecular complexity index is 996. The van der Waals surface area contributed by atoms with Gasteiger partial charge in [0.05, 0.1) is 4.90 Å². The Morgan fingerprint density at radius 1 is 1.13 bits per heavy atom. The van der Waals surface area contributed by atoms with Gasteiger partial charge in [0, 0.05) is 0 Å². The molecular formula is C19H21F2N3O5S. The predicted octanol–water partition coefficient (Wildman–Crippen LogP) is 1.91. The first-order valence-corrected chi connectivity index (χ1v) is 10.7. The number of sulfonamides is 1. The van der Waals surface area contributed by atoms with Crippen molar-refractivity contribution in [2.75, 3.05) is 13.1 Å². The highest BCUT2D eigenvalue weighted by Crippen LogP contribution is 2.27. The number of piperidine rings is 1. The first-order chi connectivity index (χ1) is 14.3. The number of hydroxylamine groups is 1. The number of hydrogen-bond donors (Lipinski definition) is 4. The van der Waals surface area contributed by atoms with Gasteiger partial charge in [-0.1, -0.05) is 0 Å². The molecular weight excluding hydrogens is 420 g/mol. The van der Waals surface area contributed by atoms with Gasteiger partial charge in [-0.2, -0.15) is 4.72 Å². The molecule has 30 heavy (non-hydrogen) atoms. The largest absolute Gasteiger partial charge is 0.454 e. The minimum absolute atomic E-state index is 0.176. The maximum Gasteiger partial charge on any atom is 0.261 e. The first kappa shape index (κ1) is 22.1. The van der Waals surface area contributed by atoms with Crippen molar-refractivity contribution in [2.45, 2.75) is 23.8 Å². The highest BCUT2D eigenvalue weighted by molar-refractivity contribution is 7.89. The lowest BCUT2D eigenvalue weighted by Crippen LogP contribution is -2.52. The summed E-state index contributed by atoms with van der Waals surface area (Å²) >= 11 is 0. The summed E-state index contributed by atoms with van der Waals surface area (Å²) in [6.07, 6.45) is 1.05. The molecule has 8 nitrogen and oxygen atoms in total. The molecule has 1 atom stereocenters. The van der Waals surface area contributed by atoms with Crippen LogP contribution in [0.5, 0.6) is 11.5 Å². The van der Waals surface area contributed by atoms with Gasteiger partial charge in [0.2, 0.25) is 10.0 Å². The molecule has 0 saturated carbocycles. The van der Waals surface area contributed by atoms with E-state index in [4.69, 9.17) is 9.94 Å². The first-order valence-electron chi connectivity index (χ1n) is 9.20. The van der Waals surface area contributed by atoms with Crippen LogP contribution in [0, 0.1) is 17.6 Å². The zero-order valence-corrected chi connectivity index (χ0v) is 16.6. The van der Waals surface area contributed by atoms with Crippen LogP contribution < -0.4 is 20.3 Å². The topological polar surface area (TPSA) is 117 Å². The van der Waals surface area contributed by atoms with Gasteiger partial charge in [0.1, 0.15) is 17.6 Å². The molecule has 0 spiro atoms. The van der Waals surface area contributed by atoms with Crippen molar-refractivity contribution in [3.05, 3.63) is 54.1 Å². The third-order valence-electron chi connectivity index (χ3n) is 4.79. The number of carbonyl (C=O) groups is 1. The predicted molar refractivity (Wildman–Crippen MR) is 103 cm³/mol. The SMILES string of the molecule is O=C(NO)C(NS(=O)(=O)c1ccc(Oc2ccc(F)cc2)c(F)c1)C1CCNCC1. The van der Waals surface area contributed by atoms with E-state index in [1.807, 2.05) is 0 Å². The van der Waals surface area contributed by atoms with E-state index in [9.17, 15) is 22.0 Å². The number of benzene rings is 2. The highest BCUT2D eigenvalue weighted by atomic mass is 32.2. The molecule has 2 aromatic rings. The molecule has 1 fully saturated rings. The Hall–Kier alpha value is -2.60. The van der Waals surface area contributed by atoms with Crippen LogP contribution in [-0.2, 0) is 14.8 Å². The molecule has 1 saturated heterocycles. The average molecular weight is 441 g/mol. The van der Waals surface area contributed by atoms with Crippen LogP contribution in [0.15, 0.2) is 47.4 Å². The monoisotopic (exact) mass is 441 g/mol. The van der Waals surface area contributed by atoms with Crippen LogP contribution in [0.2, 0.25) is 0 Å². The molecule has 0 radical (unpaired) electrons. The second-order valence-corrected chi connectivity index (χ2v) is 8.52. The van der Waals surface area contributed by atoms with Crippen molar-refractivity contribution >= 4 is 15.9 Å². The molecule has 0 bridgehead atoms. The lowest BCUT2D eigenvalue weighted by Gasteiger charge is -2.29. The zero-order chi connectivity index (χ0) is 21.7. The lowest BCUT2D eigenvalue weighted by atomic mass is 9.90. The van der Waals surface area contributed by atoms with Gasteiger partial charge < -0.3 is 10.1 Å². The number of amides is 1. The summed E-state index contributed by atoms with van der Waals surface area (Å²) in [4.78, 5) is 11.6. The number of ether oxygens (including phenoxy) is 1. The molecule has 162 valence electrons. The molecule has 1 amide bonds. The third-order valence-corrected chi connectivity index (χ3v) is 6.22. The van der Waals surface area contributed by atoms with Gasteiger partial charge in [0.15, 0.2) is 11.6 Å². The third kappa shape index (κ3) is 5.30. The Balaban J connectivity index is 1.79. The Labute approximate surface area is 172 Å². The summed E-state index contributed by atoms with van der Waals surface area (Å²) in [5, 5.41) is 12.1. The summed E-state index contributed by atoms with van der Waals surface area (Å²) in [5.74, 6) is -2.72. The van der Waals surface area contributed by atoms with E-state index >= 15 is 0 Å². The maximum atomic E-state index is 14.4. The van der Waals surface area contributed by atoms with E-state index in [1.165, 1.54) is 17.6 Å². The van der Waals surface area contributed by atoms with Crippen molar-refractivity contribution < 1.29 is 31.9 Å². The fourth-order valence-electron chi connectivity index (χ4n) is 3.21. The molecule has 0 aromatic heterocycles. The van der Waals surface area contributed by atoms with Crippen molar-refractivity contribution in [3.63, 3.8) is 0 Å². The second-order valence-electron chi connectivity index (χ2n) is 6.81. The summed E-state index contributed by atoms with van der Waals surface area (Å²) in [5.41, 5.74) is 1.48. The van der Waals surface area contributed by atoms with Gasteiger partial charge in [-0.3, -0.25) is 10.0 Å². The minimum atomic E-state index is -4.27. The van der Waals surface area contributed by atoms with Crippen LogP contribution in [0.4, 0.5) is 8.78 Å². The van der Waals surface area contributed by atoms with E-state index in [0.29, 0.717) is 25.9 Å². The highest BCUT2D eigenvalue weighted by Gasteiger charge is 2.33. The number of carbonyl (C=O) groups excluding carboxylic acids is 1. The summed E-state index contributed by atoms with van der Waals surface area (Å²) in [6, 6.07) is 6.69. The number of rotatable bonds is 7. The number of hydrogen-bond acceptors (Lipinski definition) is 6. The quantitative estimate of drug-likeness (QED) is 0.385. The molecule has 1 heterocycles. The van der Waals surface area contributed by atoms with Gasteiger partial charge in [-0.05, 0) is 74.3 Å². The number of nitrogens with one attached hydrogen (secondary N) is 3. The van der Waals surface area contributed by atoms with Crippen molar-refractivity contribution in [1.82, 2.24) is 15.5 Å². The molecule has 11 heteroatoms. The minimum Gasteiger partial charge on any atom is -0.454 e. The van der Waals surface area contributed by atoms with E-state index in [1.54, 1.807) is 0 Å². The average Bonchev–Trinajstić information content (AvgIpc) is 2.75. The summed E-state index contributed by atoms with van der Waals surface area (Å²) < 4.78 is 60.4. The molecule has 3 rings (SSSR count). The molecule has 1 aliphatic heterocycles. The van der Waals surface area contributed by atoms with E-state index < -0.39 is 38.5 Å². The molecule has 0 aliphatic carbocycles. The van der Waals surface area contributed by atoms with Crippen molar-refractivity contribution in [1.29, 1.82) is 0 Å². The van der Waals surface area contributed by atoms with Gasteiger partial charge in [0.25, 0.3) is 5.91 Å². The maximum absolute atomic E-state index is 14.4. The van der Waals surface area contributed by atoms with Gasteiger partial charge in [-0.15, -0.1) is 0 Å². The summed E-state index contributed by atoms with van der Waals surface area (Å²) in [6.45, 7) is 1.21. The van der Waals surface area contributed by atoms with Gasteiger partial charge in [-0.25, -0.2) is 22.7 Å².